The van der Waals surface area contributed by atoms with Crippen molar-refractivity contribution in [2.24, 2.45) is 10.9 Å². The molecule has 0 bridgehead atoms. The highest BCUT2D eigenvalue weighted by Crippen LogP contribution is 2.25. The van der Waals surface area contributed by atoms with Crippen LogP contribution in [0.5, 0.6) is 0 Å². The maximum atomic E-state index is 11.9. The molecule has 1 saturated heterocycles. The van der Waals surface area contributed by atoms with Gasteiger partial charge in [0.05, 0.1) is 25.7 Å². The van der Waals surface area contributed by atoms with Crippen LogP contribution >= 0.6 is 24.0 Å². The van der Waals surface area contributed by atoms with E-state index in [9.17, 15) is 9.59 Å². The van der Waals surface area contributed by atoms with Gasteiger partial charge in [-0.1, -0.05) is 0 Å². The van der Waals surface area contributed by atoms with Gasteiger partial charge in [0.25, 0.3) is 0 Å². The Morgan fingerprint density at radius 2 is 1.84 bits per heavy atom. The van der Waals surface area contributed by atoms with Crippen LogP contribution in [-0.4, -0.2) is 100 Å². The van der Waals surface area contributed by atoms with Crippen molar-refractivity contribution in [3.63, 3.8) is 0 Å². The second-order valence-corrected chi connectivity index (χ2v) is 8.13. The van der Waals surface area contributed by atoms with E-state index in [0.29, 0.717) is 12.6 Å². The molecule has 0 radical (unpaired) electrons. The second-order valence-electron chi connectivity index (χ2n) is 8.13. The Bertz CT molecular complexity index is 562. The van der Waals surface area contributed by atoms with Crippen molar-refractivity contribution >= 4 is 41.8 Å². The molecule has 9 nitrogen and oxygen atoms in total. The molecule has 10 heteroatoms. The van der Waals surface area contributed by atoms with Crippen LogP contribution in [0.2, 0.25) is 0 Å². The standard InChI is InChI=1S/C21H39N5O4.HI/c1-4-30-20(28)17-6-8-18(9-7-17)24-21(23-16-19(27)25(2)3)22-10-5-11-26-12-14-29-15-13-26;/h17-18H,4-16H2,1-3H3,(H2,22,23,24);1H. The van der Waals surface area contributed by atoms with Gasteiger partial charge in [-0.05, 0) is 45.6 Å². The lowest BCUT2D eigenvalue weighted by Crippen LogP contribution is -2.46. The number of amides is 1. The van der Waals surface area contributed by atoms with E-state index >= 15 is 0 Å². The van der Waals surface area contributed by atoms with Crippen LogP contribution in [-0.2, 0) is 19.1 Å². The fraction of sp³-hybridized carbons (Fsp3) is 0.857. The van der Waals surface area contributed by atoms with Gasteiger partial charge in [0.1, 0.15) is 6.54 Å². The van der Waals surface area contributed by atoms with Crippen molar-refractivity contribution in [2.75, 3.05) is 66.6 Å². The summed E-state index contributed by atoms with van der Waals surface area (Å²) in [6, 6.07) is 0.246. The van der Waals surface area contributed by atoms with Gasteiger partial charge in [0.2, 0.25) is 5.91 Å². The number of guanidine groups is 1. The lowest BCUT2D eigenvalue weighted by Gasteiger charge is -2.29. The molecule has 1 aliphatic heterocycles. The Morgan fingerprint density at radius 1 is 1.16 bits per heavy atom. The van der Waals surface area contributed by atoms with Crippen LogP contribution in [0.3, 0.4) is 0 Å². The van der Waals surface area contributed by atoms with Gasteiger partial charge in [-0.3, -0.25) is 14.5 Å². The van der Waals surface area contributed by atoms with E-state index in [1.807, 2.05) is 6.92 Å². The molecule has 31 heavy (non-hydrogen) atoms. The molecule has 2 fully saturated rings. The first-order valence-corrected chi connectivity index (χ1v) is 11.2. The van der Waals surface area contributed by atoms with Gasteiger partial charge >= 0.3 is 5.97 Å². The highest BCUT2D eigenvalue weighted by molar-refractivity contribution is 14.0. The molecule has 0 unspecified atom stereocenters. The third-order valence-electron chi connectivity index (χ3n) is 5.61. The normalized spacial score (nSPS) is 22.2. The van der Waals surface area contributed by atoms with Crippen LogP contribution in [0.4, 0.5) is 0 Å². The molecule has 2 aliphatic rings. The minimum Gasteiger partial charge on any atom is -0.466 e. The number of hydrogen-bond acceptors (Lipinski definition) is 6. The summed E-state index contributed by atoms with van der Waals surface area (Å²) in [7, 11) is 3.47. The number of nitrogens with one attached hydrogen (secondary N) is 2. The second kappa shape index (κ2) is 15.6. The van der Waals surface area contributed by atoms with Crippen LogP contribution in [0, 0.1) is 5.92 Å². The third-order valence-corrected chi connectivity index (χ3v) is 5.61. The number of likely N-dealkylation sites (N-methyl/N-ethyl adjacent to an activating group) is 1. The summed E-state index contributed by atoms with van der Waals surface area (Å²) in [4.78, 5) is 32.3. The van der Waals surface area contributed by atoms with E-state index in [-0.39, 0.29) is 54.4 Å². The lowest BCUT2D eigenvalue weighted by atomic mass is 9.86. The predicted molar refractivity (Wildman–Crippen MR) is 132 cm³/mol. The van der Waals surface area contributed by atoms with Gasteiger partial charge in [0, 0.05) is 39.8 Å². The Hall–Kier alpha value is -1.14. The molecular weight excluding hydrogens is 513 g/mol. The summed E-state index contributed by atoms with van der Waals surface area (Å²) in [5.74, 6) is 0.560. The number of hydrogen-bond donors (Lipinski definition) is 2. The van der Waals surface area contributed by atoms with Gasteiger partial charge in [-0.2, -0.15) is 0 Å². The molecule has 180 valence electrons. The Kier molecular flexibility index (Phi) is 14.1. The van der Waals surface area contributed by atoms with E-state index < -0.39 is 0 Å². The predicted octanol–water partition coefficient (Wildman–Crippen LogP) is 1.07. The molecule has 0 aromatic heterocycles. The lowest BCUT2D eigenvalue weighted by molar-refractivity contribution is -0.149. The van der Waals surface area contributed by atoms with E-state index in [0.717, 1.165) is 71.5 Å². The minimum atomic E-state index is -0.0809. The van der Waals surface area contributed by atoms with Gasteiger partial charge in [-0.15, -0.1) is 24.0 Å². The summed E-state index contributed by atoms with van der Waals surface area (Å²) < 4.78 is 10.5. The van der Waals surface area contributed by atoms with Crippen LogP contribution in [0.1, 0.15) is 39.0 Å². The van der Waals surface area contributed by atoms with Crippen molar-refractivity contribution in [3.8, 4) is 0 Å². The number of ether oxygens (including phenoxy) is 2. The number of halogens is 1. The minimum absolute atomic E-state index is 0. The maximum Gasteiger partial charge on any atom is 0.308 e. The van der Waals surface area contributed by atoms with Gasteiger partial charge in [-0.25, -0.2) is 4.99 Å². The number of carbonyl (C=O) groups excluding carboxylic acids is 2. The number of morpholine rings is 1. The van der Waals surface area contributed by atoms with E-state index in [2.05, 4.69) is 20.5 Å². The number of nitrogens with zero attached hydrogens (tertiary/aromatic N) is 3. The molecule has 1 saturated carbocycles. The van der Waals surface area contributed by atoms with Crippen molar-refractivity contribution in [1.82, 2.24) is 20.4 Å². The zero-order chi connectivity index (χ0) is 21.8. The zero-order valence-corrected chi connectivity index (χ0v) is 21.6. The molecule has 2 N–H and O–H groups in total. The van der Waals surface area contributed by atoms with Crippen molar-refractivity contribution in [2.45, 2.75) is 45.1 Å². The van der Waals surface area contributed by atoms with Crippen LogP contribution in [0.15, 0.2) is 4.99 Å². The summed E-state index contributed by atoms with van der Waals surface area (Å²) in [6.45, 7) is 7.79. The highest BCUT2D eigenvalue weighted by Gasteiger charge is 2.27. The number of esters is 1. The van der Waals surface area contributed by atoms with E-state index in [1.165, 1.54) is 0 Å². The van der Waals surface area contributed by atoms with Gasteiger partial charge in [0.15, 0.2) is 5.96 Å². The smallest absolute Gasteiger partial charge is 0.308 e. The molecular formula is C21H40IN5O4. The first-order chi connectivity index (χ1) is 14.5. The van der Waals surface area contributed by atoms with Crippen molar-refractivity contribution in [1.29, 1.82) is 0 Å². The molecule has 1 aliphatic carbocycles. The zero-order valence-electron chi connectivity index (χ0n) is 19.2. The summed E-state index contributed by atoms with van der Waals surface area (Å²) in [5.41, 5.74) is 0. The fourth-order valence-electron chi connectivity index (χ4n) is 3.70. The van der Waals surface area contributed by atoms with Gasteiger partial charge < -0.3 is 25.0 Å². The first-order valence-electron chi connectivity index (χ1n) is 11.2. The number of rotatable bonds is 9. The Balaban J connectivity index is 0.00000480. The Morgan fingerprint density at radius 3 is 2.45 bits per heavy atom. The molecule has 0 aromatic carbocycles. The van der Waals surface area contributed by atoms with E-state index in [1.54, 1.807) is 19.0 Å². The quantitative estimate of drug-likeness (QED) is 0.145. The molecule has 2 rings (SSSR count). The molecule has 1 heterocycles. The average Bonchev–Trinajstić information content (AvgIpc) is 2.75. The first kappa shape index (κ1) is 27.9. The summed E-state index contributed by atoms with van der Waals surface area (Å²) in [6.07, 6.45) is 4.41. The molecule has 0 atom stereocenters. The SMILES string of the molecule is CCOC(=O)C1CCC(NC(=NCC(=O)N(C)C)NCCCN2CCOCC2)CC1.I. The van der Waals surface area contributed by atoms with Crippen LogP contribution in [0.25, 0.3) is 0 Å². The van der Waals surface area contributed by atoms with E-state index in [4.69, 9.17) is 9.47 Å². The summed E-state index contributed by atoms with van der Waals surface area (Å²) >= 11 is 0. The summed E-state index contributed by atoms with van der Waals surface area (Å²) in [5, 5.41) is 6.84. The molecule has 0 aromatic rings. The number of aliphatic imine (C=N–C) groups is 1. The third kappa shape index (κ3) is 10.8. The van der Waals surface area contributed by atoms with Crippen LogP contribution < -0.4 is 10.6 Å². The molecule has 0 spiro atoms. The van der Waals surface area contributed by atoms with Crippen molar-refractivity contribution in [3.05, 3.63) is 0 Å². The highest BCUT2D eigenvalue weighted by atomic mass is 127. The average molecular weight is 553 g/mol. The number of carbonyl (C=O) groups is 2. The fourth-order valence-corrected chi connectivity index (χ4v) is 3.70. The topological polar surface area (TPSA) is 95.5 Å². The Labute approximate surface area is 203 Å². The molecule has 1 amide bonds. The van der Waals surface area contributed by atoms with Crippen molar-refractivity contribution < 1.29 is 19.1 Å². The maximum absolute atomic E-state index is 11.9. The largest absolute Gasteiger partial charge is 0.466 e. The monoisotopic (exact) mass is 553 g/mol.